The number of benzene rings is 1. The van der Waals surface area contributed by atoms with Crippen molar-refractivity contribution in [2.24, 2.45) is 5.41 Å². The van der Waals surface area contributed by atoms with Crippen molar-refractivity contribution in [3.63, 3.8) is 0 Å². The summed E-state index contributed by atoms with van der Waals surface area (Å²) >= 11 is 0. The fourth-order valence-corrected chi connectivity index (χ4v) is 3.18. The number of nitrogens with zero attached hydrogens (tertiary/aromatic N) is 1. The Bertz CT molecular complexity index is 601. The molecule has 0 bridgehead atoms. The van der Waals surface area contributed by atoms with E-state index in [1.807, 2.05) is 20.8 Å². The Kier molecular flexibility index (Phi) is 5.35. The van der Waals surface area contributed by atoms with Gasteiger partial charge in [-0.05, 0) is 29.7 Å². The van der Waals surface area contributed by atoms with E-state index >= 15 is 0 Å². The van der Waals surface area contributed by atoms with Gasteiger partial charge in [-0.3, -0.25) is 0 Å². The van der Waals surface area contributed by atoms with Crippen LogP contribution in [0.4, 0.5) is 0 Å². The van der Waals surface area contributed by atoms with Crippen molar-refractivity contribution in [3.8, 4) is 11.8 Å². The molecule has 0 aliphatic heterocycles. The van der Waals surface area contributed by atoms with Crippen molar-refractivity contribution in [2.75, 3.05) is 20.2 Å². The minimum atomic E-state index is -3.47. The molecule has 0 saturated heterocycles. The molecule has 0 heterocycles. The number of sulfonamides is 1. The highest BCUT2D eigenvalue weighted by Crippen LogP contribution is 2.20. The topological polar surface area (TPSA) is 57.6 Å². The molecule has 0 aliphatic rings. The molecule has 1 aromatic rings. The van der Waals surface area contributed by atoms with Crippen LogP contribution in [0.1, 0.15) is 26.3 Å². The van der Waals surface area contributed by atoms with Crippen LogP contribution in [0.2, 0.25) is 0 Å². The molecule has 0 radical (unpaired) electrons. The summed E-state index contributed by atoms with van der Waals surface area (Å²) < 4.78 is 26.1. The van der Waals surface area contributed by atoms with Crippen LogP contribution in [0.25, 0.3) is 0 Å². The number of aliphatic hydroxyl groups excluding tert-OH is 1. The fraction of sp³-hybridized carbons (Fsp3) is 0.467. The first kappa shape index (κ1) is 16.7. The molecule has 0 aromatic heterocycles. The van der Waals surface area contributed by atoms with Gasteiger partial charge in [-0.25, -0.2) is 12.7 Å². The minimum absolute atomic E-state index is 0.103. The van der Waals surface area contributed by atoms with Gasteiger partial charge in [0.1, 0.15) is 6.61 Å². The van der Waals surface area contributed by atoms with Crippen LogP contribution in [0.15, 0.2) is 29.2 Å². The molecule has 0 unspecified atom stereocenters. The molecule has 5 heteroatoms. The van der Waals surface area contributed by atoms with E-state index in [4.69, 9.17) is 5.11 Å². The standard InChI is InChI=1S/C15H21NO3S/c1-15(2,3)12-16(4)20(18,19)14-9-7-13(8-10-14)6-5-11-17/h7-10,17H,11-12H2,1-4H3. The maximum Gasteiger partial charge on any atom is 0.242 e. The van der Waals surface area contributed by atoms with Crippen molar-refractivity contribution in [3.05, 3.63) is 29.8 Å². The molecule has 1 rings (SSSR count). The number of rotatable bonds is 3. The Morgan fingerprint density at radius 3 is 2.20 bits per heavy atom. The van der Waals surface area contributed by atoms with Crippen molar-refractivity contribution in [1.82, 2.24) is 4.31 Å². The van der Waals surface area contributed by atoms with Crippen LogP contribution >= 0.6 is 0 Å². The van der Waals surface area contributed by atoms with E-state index in [0.29, 0.717) is 12.1 Å². The third kappa shape index (κ3) is 4.64. The average Bonchev–Trinajstić information content (AvgIpc) is 2.34. The van der Waals surface area contributed by atoms with Gasteiger partial charge >= 0.3 is 0 Å². The first-order valence-corrected chi connectivity index (χ1v) is 7.77. The zero-order chi connectivity index (χ0) is 15.4. The van der Waals surface area contributed by atoms with E-state index in [0.717, 1.165) is 0 Å². The Hall–Kier alpha value is -1.35. The molecule has 0 aliphatic carbocycles. The smallest absolute Gasteiger partial charge is 0.242 e. The van der Waals surface area contributed by atoms with Crippen molar-refractivity contribution in [2.45, 2.75) is 25.7 Å². The Balaban J connectivity index is 2.98. The quantitative estimate of drug-likeness (QED) is 0.864. The Morgan fingerprint density at radius 1 is 1.20 bits per heavy atom. The number of hydrogen-bond acceptors (Lipinski definition) is 3. The molecule has 1 N–H and O–H groups in total. The van der Waals surface area contributed by atoms with Gasteiger partial charge in [0.25, 0.3) is 0 Å². The van der Waals surface area contributed by atoms with Gasteiger partial charge in [0.2, 0.25) is 10.0 Å². The van der Waals surface area contributed by atoms with Crippen LogP contribution in [-0.2, 0) is 10.0 Å². The first-order chi connectivity index (χ1) is 9.16. The molecule has 0 saturated carbocycles. The Labute approximate surface area is 121 Å². The number of hydrogen-bond donors (Lipinski definition) is 1. The molecule has 0 spiro atoms. The SMILES string of the molecule is CN(CC(C)(C)C)S(=O)(=O)c1ccc(C#CCO)cc1. The zero-order valence-corrected chi connectivity index (χ0v) is 13.2. The van der Waals surface area contributed by atoms with Crippen LogP contribution in [0, 0.1) is 17.3 Å². The summed E-state index contributed by atoms with van der Waals surface area (Å²) in [5.74, 6) is 5.25. The average molecular weight is 295 g/mol. The predicted molar refractivity (Wildman–Crippen MR) is 79.7 cm³/mol. The van der Waals surface area contributed by atoms with Crippen LogP contribution in [-0.4, -0.2) is 38.0 Å². The van der Waals surface area contributed by atoms with Crippen molar-refractivity contribution >= 4 is 10.0 Å². The van der Waals surface area contributed by atoms with E-state index in [1.165, 1.54) is 16.4 Å². The lowest BCUT2D eigenvalue weighted by Crippen LogP contribution is -2.34. The van der Waals surface area contributed by atoms with Crippen molar-refractivity contribution in [1.29, 1.82) is 0 Å². The lowest BCUT2D eigenvalue weighted by atomic mass is 9.97. The van der Waals surface area contributed by atoms with E-state index in [-0.39, 0.29) is 16.9 Å². The van der Waals surface area contributed by atoms with Gasteiger partial charge in [0, 0.05) is 19.2 Å². The molecule has 0 atom stereocenters. The summed E-state index contributed by atoms with van der Waals surface area (Å²) in [5.41, 5.74) is 0.574. The fourth-order valence-electron chi connectivity index (χ4n) is 1.78. The van der Waals surface area contributed by atoms with Crippen LogP contribution in [0.3, 0.4) is 0 Å². The monoisotopic (exact) mass is 295 g/mol. The Morgan fingerprint density at radius 2 is 1.75 bits per heavy atom. The number of aliphatic hydroxyl groups is 1. The molecule has 0 fully saturated rings. The highest BCUT2D eigenvalue weighted by molar-refractivity contribution is 7.89. The van der Waals surface area contributed by atoms with Gasteiger partial charge in [-0.15, -0.1) is 0 Å². The second kappa shape index (κ2) is 6.40. The van der Waals surface area contributed by atoms with Gasteiger partial charge in [-0.2, -0.15) is 0 Å². The second-order valence-corrected chi connectivity index (χ2v) is 7.85. The maximum atomic E-state index is 12.4. The lowest BCUT2D eigenvalue weighted by molar-refractivity contribution is 0.311. The summed E-state index contributed by atoms with van der Waals surface area (Å²) in [5, 5.41) is 8.62. The van der Waals surface area contributed by atoms with E-state index in [2.05, 4.69) is 11.8 Å². The normalized spacial score (nSPS) is 12.1. The summed E-state index contributed by atoms with van der Waals surface area (Å²) in [6, 6.07) is 6.35. The molecule has 20 heavy (non-hydrogen) atoms. The minimum Gasteiger partial charge on any atom is -0.384 e. The summed E-state index contributed by atoms with van der Waals surface area (Å²) in [6.45, 7) is 6.21. The highest BCUT2D eigenvalue weighted by Gasteiger charge is 2.24. The van der Waals surface area contributed by atoms with Gasteiger partial charge < -0.3 is 5.11 Å². The second-order valence-electron chi connectivity index (χ2n) is 5.81. The maximum absolute atomic E-state index is 12.4. The molecule has 0 amide bonds. The van der Waals surface area contributed by atoms with Crippen molar-refractivity contribution < 1.29 is 13.5 Å². The van der Waals surface area contributed by atoms with E-state index in [1.54, 1.807) is 19.2 Å². The summed E-state index contributed by atoms with van der Waals surface area (Å²) in [7, 11) is -1.89. The van der Waals surface area contributed by atoms with Gasteiger partial charge in [0.05, 0.1) is 4.90 Å². The van der Waals surface area contributed by atoms with Crippen LogP contribution < -0.4 is 0 Å². The van der Waals surface area contributed by atoms with Gasteiger partial charge in [0.15, 0.2) is 0 Å². The molecular weight excluding hydrogens is 274 g/mol. The molecular formula is C15H21NO3S. The largest absolute Gasteiger partial charge is 0.384 e. The lowest BCUT2D eigenvalue weighted by Gasteiger charge is -2.26. The summed E-state index contributed by atoms with van der Waals surface area (Å²) in [6.07, 6.45) is 0. The first-order valence-electron chi connectivity index (χ1n) is 6.33. The van der Waals surface area contributed by atoms with Crippen LogP contribution in [0.5, 0.6) is 0 Å². The molecule has 110 valence electrons. The van der Waals surface area contributed by atoms with E-state index in [9.17, 15) is 8.42 Å². The molecule has 4 nitrogen and oxygen atoms in total. The van der Waals surface area contributed by atoms with E-state index < -0.39 is 10.0 Å². The highest BCUT2D eigenvalue weighted by atomic mass is 32.2. The summed E-state index contributed by atoms with van der Waals surface area (Å²) in [4.78, 5) is 0.249. The predicted octanol–water partition coefficient (Wildman–Crippen LogP) is 1.70. The third-order valence-electron chi connectivity index (χ3n) is 2.57. The van der Waals surface area contributed by atoms with Gasteiger partial charge in [-0.1, -0.05) is 32.6 Å². The molecule has 1 aromatic carbocycles. The zero-order valence-electron chi connectivity index (χ0n) is 12.3. The third-order valence-corrected chi connectivity index (χ3v) is 4.39.